The summed E-state index contributed by atoms with van der Waals surface area (Å²) in [6.07, 6.45) is 2.73. The predicted molar refractivity (Wildman–Crippen MR) is 99.4 cm³/mol. The highest BCUT2D eigenvalue weighted by Crippen LogP contribution is 2.19. The van der Waals surface area contributed by atoms with Crippen LogP contribution in [0.4, 0.5) is 4.39 Å². The Morgan fingerprint density at radius 2 is 2.08 bits per heavy atom. The fraction of sp³-hybridized carbons (Fsp3) is 0.111. The lowest BCUT2D eigenvalue weighted by molar-refractivity contribution is 0.0997. The lowest BCUT2D eigenvalue weighted by Gasteiger charge is -2.02. The first kappa shape index (κ1) is 18.2. The van der Waals surface area contributed by atoms with Crippen molar-refractivity contribution in [3.8, 4) is 0 Å². The molecule has 1 heterocycles. The second-order valence-corrected chi connectivity index (χ2v) is 8.64. The Balaban J connectivity index is 2.14. The molecule has 0 spiro atoms. The number of nitrogens with zero attached hydrogens (tertiary/aromatic N) is 2. The van der Waals surface area contributed by atoms with Crippen LogP contribution in [0.15, 0.2) is 65.0 Å². The Bertz CT molecular complexity index is 1190. The zero-order valence-electron chi connectivity index (χ0n) is 13.8. The molecule has 26 heavy (non-hydrogen) atoms. The number of amides is 1. The number of carbonyl (C=O) groups is 1. The van der Waals surface area contributed by atoms with Crippen LogP contribution < -0.4 is 4.80 Å². The molecule has 0 aliphatic heterocycles. The van der Waals surface area contributed by atoms with Gasteiger partial charge in [0.1, 0.15) is 5.82 Å². The number of benzene rings is 2. The first-order valence-corrected chi connectivity index (χ1v) is 10.3. The van der Waals surface area contributed by atoms with E-state index < -0.39 is 15.7 Å². The van der Waals surface area contributed by atoms with Gasteiger partial charge in [-0.3, -0.25) is 4.79 Å². The SMILES string of the molecule is C=CCn1c(=NC(=O)c2cccc(S(C)(=O)=O)c2)sc2cc(F)ccc21. The standard InChI is InChI=1S/C18H15FN2O3S2/c1-3-9-21-15-8-7-13(19)11-16(15)25-18(21)20-17(22)12-5-4-6-14(10-12)26(2,23)24/h3-8,10-11H,1,9H2,2H3. The van der Waals surface area contributed by atoms with Gasteiger partial charge in [-0.1, -0.05) is 23.5 Å². The van der Waals surface area contributed by atoms with Crippen molar-refractivity contribution in [1.82, 2.24) is 4.57 Å². The Labute approximate surface area is 153 Å². The van der Waals surface area contributed by atoms with E-state index in [1.165, 1.54) is 47.7 Å². The van der Waals surface area contributed by atoms with E-state index in [9.17, 15) is 17.6 Å². The lowest BCUT2D eigenvalue weighted by atomic mass is 10.2. The van der Waals surface area contributed by atoms with Crippen LogP contribution in [0.1, 0.15) is 10.4 Å². The molecular weight excluding hydrogens is 375 g/mol. The number of rotatable bonds is 4. The number of carbonyl (C=O) groups excluding carboxylic acids is 1. The summed E-state index contributed by atoms with van der Waals surface area (Å²) in [6.45, 7) is 4.10. The summed E-state index contributed by atoms with van der Waals surface area (Å²) in [5.74, 6) is -0.941. The second kappa shape index (κ2) is 6.97. The molecule has 134 valence electrons. The maximum atomic E-state index is 13.5. The van der Waals surface area contributed by atoms with Crippen LogP contribution in [0.3, 0.4) is 0 Å². The molecule has 1 amide bonds. The summed E-state index contributed by atoms with van der Waals surface area (Å²) in [6, 6.07) is 10.1. The molecule has 0 N–H and O–H groups in total. The molecule has 5 nitrogen and oxygen atoms in total. The first-order valence-electron chi connectivity index (χ1n) is 7.58. The quantitative estimate of drug-likeness (QED) is 0.643. The molecule has 8 heteroatoms. The third-order valence-electron chi connectivity index (χ3n) is 3.66. The molecule has 0 aliphatic carbocycles. The van der Waals surface area contributed by atoms with E-state index in [4.69, 9.17) is 0 Å². The maximum absolute atomic E-state index is 13.5. The van der Waals surface area contributed by atoms with E-state index in [1.807, 2.05) is 0 Å². The van der Waals surface area contributed by atoms with E-state index in [2.05, 4.69) is 11.6 Å². The molecule has 0 fully saturated rings. The van der Waals surface area contributed by atoms with Crippen molar-refractivity contribution in [2.24, 2.45) is 4.99 Å². The van der Waals surface area contributed by atoms with Gasteiger partial charge in [0.25, 0.3) is 5.91 Å². The summed E-state index contributed by atoms with van der Waals surface area (Å²) < 4.78 is 39.2. The van der Waals surface area contributed by atoms with Crippen LogP contribution in [0.2, 0.25) is 0 Å². The molecule has 0 saturated heterocycles. The molecule has 1 aromatic heterocycles. The number of fused-ring (bicyclic) bond motifs is 1. The number of thiazole rings is 1. The number of halogens is 1. The lowest BCUT2D eigenvalue weighted by Crippen LogP contribution is -2.16. The zero-order valence-corrected chi connectivity index (χ0v) is 15.5. The summed E-state index contributed by atoms with van der Waals surface area (Å²) in [5.41, 5.74) is 0.912. The number of sulfone groups is 1. The normalized spacial score (nSPS) is 12.5. The molecule has 0 aliphatic rings. The summed E-state index contributed by atoms with van der Waals surface area (Å²) in [4.78, 5) is 17.1. The fourth-order valence-corrected chi connectivity index (χ4v) is 4.18. The molecule has 3 aromatic rings. The number of aromatic nitrogens is 1. The van der Waals surface area contributed by atoms with E-state index in [1.54, 1.807) is 16.7 Å². The topological polar surface area (TPSA) is 68.5 Å². The summed E-state index contributed by atoms with van der Waals surface area (Å²) in [7, 11) is -3.43. The third kappa shape index (κ3) is 3.66. The molecule has 3 rings (SSSR count). The molecule has 0 bridgehead atoms. The number of hydrogen-bond acceptors (Lipinski definition) is 4. The fourth-order valence-electron chi connectivity index (χ4n) is 2.45. The van der Waals surface area contributed by atoms with Gasteiger partial charge in [-0.05, 0) is 36.4 Å². The zero-order chi connectivity index (χ0) is 18.9. The molecule has 2 aromatic carbocycles. The molecule has 0 atom stereocenters. The minimum Gasteiger partial charge on any atom is -0.312 e. The van der Waals surface area contributed by atoms with Crippen LogP contribution in [-0.4, -0.2) is 25.1 Å². The smallest absolute Gasteiger partial charge is 0.279 e. The highest BCUT2D eigenvalue weighted by atomic mass is 32.2. The molecular formula is C18H15FN2O3S2. The van der Waals surface area contributed by atoms with Crippen molar-refractivity contribution >= 4 is 37.3 Å². The Morgan fingerprint density at radius 3 is 2.77 bits per heavy atom. The van der Waals surface area contributed by atoms with Gasteiger partial charge in [-0.2, -0.15) is 4.99 Å². The highest BCUT2D eigenvalue weighted by molar-refractivity contribution is 7.90. The van der Waals surface area contributed by atoms with Crippen molar-refractivity contribution in [1.29, 1.82) is 0 Å². The molecule has 0 saturated carbocycles. The van der Waals surface area contributed by atoms with Crippen LogP contribution in [-0.2, 0) is 16.4 Å². The van der Waals surface area contributed by atoms with Gasteiger partial charge < -0.3 is 4.57 Å². The van der Waals surface area contributed by atoms with E-state index in [0.717, 1.165) is 11.8 Å². The van der Waals surface area contributed by atoms with Crippen molar-refractivity contribution in [2.75, 3.05) is 6.26 Å². The minimum atomic E-state index is -3.43. The Morgan fingerprint density at radius 1 is 1.31 bits per heavy atom. The number of allylic oxidation sites excluding steroid dienone is 1. The van der Waals surface area contributed by atoms with E-state index in [0.29, 0.717) is 16.0 Å². The minimum absolute atomic E-state index is 0.0518. The van der Waals surface area contributed by atoms with Gasteiger partial charge in [-0.25, -0.2) is 12.8 Å². The Hall–Kier alpha value is -2.58. The second-order valence-electron chi connectivity index (χ2n) is 5.61. The van der Waals surface area contributed by atoms with E-state index >= 15 is 0 Å². The average Bonchev–Trinajstić information content (AvgIpc) is 2.91. The monoisotopic (exact) mass is 390 g/mol. The molecule has 0 unspecified atom stereocenters. The largest absolute Gasteiger partial charge is 0.312 e. The van der Waals surface area contributed by atoms with Crippen molar-refractivity contribution in [3.05, 3.63) is 71.3 Å². The predicted octanol–water partition coefficient (Wildman–Crippen LogP) is 3.17. The van der Waals surface area contributed by atoms with Gasteiger partial charge in [0.05, 0.1) is 15.1 Å². The van der Waals surface area contributed by atoms with Gasteiger partial charge in [0.15, 0.2) is 14.6 Å². The van der Waals surface area contributed by atoms with Gasteiger partial charge >= 0.3 is 0 Å². The van der Waals surface area contributed by atoms with Gasteiger partial charge in [-0.15, -0.1) is 6.58 Å². The number of hydrogen-bond donors (Lipinski definition) is 0. The summed E-state index contributed by atoms with van der Waals surface area (Å²) >= 11 is 1.18. The molecule has 0 radical (unpaired) electrons. The van der Waals surface area contributed by atoms with Crippen LogP contribution >= 0.6 is 11.3 Å². The van der Waals surface area contributed by atoms with Gasteiger partial charge in [0, 0.05) is 18.4 Å². The van der Waals surface area contributed by atoms with Gasteiger partial charge in [0.2, 0.25) is 0 Å². The third-order valence-corrected chi connectivity index (χ3v) is 5.81. The summed E-state index contributed by atoms with van der Waals surface area (Å²) in [5, 5.41) is 0. The first-order chi connectivity index (χ1) is 12.3. The van der Waals surface area contributed by atoms with Crippen LogP contribution in [0.25, 0.3) is 10.2 Å². The highest BCUT2D eigenvalue weighted by Gasteiger charge is 2.13. The Kier molecular flexibility index (Phi) is 4.88. The van der Waals surface area contributed by atoms with Crippen molar-refractivity contribution in [2.45, 2.75) is 11.4 Å². The maximum Gasteiger partial charge on any atom is 0.279 e. The average molecular weight is 390 g/mol. The van der Waals surface area contributed by atoms with Crippen LogP contribution in [0, 0.1) is 5.82 Å². The van der Waals surface area contributed by atoms with Crippen molar-refractivity contribution in [3.63, 3.8) is 0 Å². The van der Waals surface area contributed by atoms with Crippen molar-refractivity contribution < 1.29 is 17.6 Å². The van der Waals surface area contributed by atoms with Crippen LogP contribution in [0.5, 0.6) is 0 Å². The van der Waals surface area contributed by atoms with E-state index in [-0.39, 0.29) is 16.3 Å².